The Morgan fingerprint density at radius 2 is 1.92 bits per heavy atom. The summed E-state index contributed by atoms with van der Waals surface area (Å²) in [7, 11) is 0. The molecular formula is C20H25N3O2. The zero-order valence-electron chi connectivity index (χ0n) is 14.8. The monoisotopic (exact) mass is 339 g/mol. The van der Waals surface area contributed by atoms with Gasteiger partial charge in [-0.2, -0.15) is 0 Å². The Kier molecular flexibility index (Phi) is 5.31. The molecule has 1 atom stereocenters. The van der Waals surface area contributed by atoms with Crippen molar-refractivity contribution in [2.75, 3.05) is 0 Å². The Balaban J connectivity index is 1.78. The van der Waals surface area contributed by atoms with Crippen molar-refractivity contribution in [3.05, 3.63) is 63.3 Å². The predicted octanol–water partition coefficient (Wildman–Crippen LogP) is 2.98. The van der Waals surface area contributed by atoms with Crippen LogP contribution in [0.4, 0.5) is 0 Å². The van der Waals surface area contributed by atoms with Gasteiger partial charge in [-0.15, -0.1) is 0 Å². The van der Waals surface area contributed by atoms with E-state index in [4.69, 9.17) is 0 Å². The topological polar surface area (TPSA) is 74.8 Å². The lowest BCUT2D eigenvalue weighted by molar-refractivity contribution is -0.121. The summed E-state index contributed by atoms with van der Waals surface area (Å²) in [6, 6.07) is 10.1. The average Bonchev–Trinajstić information content (AvgIpc) is 3.11. The number of nitrogens with zero attached hydrogens (tertiary/aromatic N) is 1. The van der Waals surface area contributed by atoms with Crippen molar-refractivity contribution in [3.63, 3.8) is 0 Å². The molecule has 1 saturated carbocycles. The second-order valence-corrected chi connectivity index (χ2v) is 6.89. The molecule has 2 N–H and O–H groups in total. The van der Waals surface area contributed by atoms with Crippen LogP contribution in [0.5, 0.6) is 0 Å². The minimum atomic E-state index is -0.225. The van der Waals surface area contributed by atoms with Crippen LogP contribution in [0.1, 0.15) is 54.4 Å². The lowest BCUT2D eigenvalue weighted by Crippen LogP contribution is -2.35. The molecule has 1 aliphatic rings. The zero-order chi connectivity index (χ0) is 17.8. The molecule has 1 aromatic carbocycles. The molecule has 1 aliphatic carbocycles. The minimum absolute atomic E-state index is 0.00833. The number of carbonyl (C=O) groups excluding carboxylic acids is 1. The van der Waals surface area contributed by atoms with Gasteiger partial charge >= 0.3 is 0 Å². The molecule has 0 saturated heterocycles. The first kappa shape index (κ1) is 17.4. The van der Waals surface area contributed by atoms with Gasteiger partial charge in [-0.05, 0) is 38.2 Å². The first-order chi connectivity index (χ1) is 12.0. The van der Waals surface area contributed by atoms with Gasteiger partial charge < -0.3 is 10.3 Å². The maximum atomic E-state index is 12.7. The van der Waals surface area contributed by atoms with E-state index in [1.165, 1.54) is 12.8 Å². The van der Waals surface area contributed by atoms with E-state index < -0.39 is 0 Å². The van der Waals surface area contributed by atoms with Crippen molar-refractivity contribution in [2.45, 2.75) is 52.0 Å². The highest BCUT2D eigenvalue weighted by Crippen LogP contribution is 2.35. The van der Waals surface area contributed by atoms with Crippen LogP contribution in [0.3, 0.4) is 0 Å². The summed E-state index contributed by atoms with van der Waals surface area (Å²) in [6.07, 6.45) is 4.75. The van der Waals surface area contributed by atoms with Crippen LogP contribution in [0.25, 0.3) is 0 Å². The standard InChI is InChI=1S/C20H25N3O2/c1-13-17(20(25)22-14(2)21-13)12-18(24)23-19(16-10-6-7-11-16)15-8-4-3-5-9-15/h3-5,8-9,16,19H,6-7,10-12H2,1-2H3,(H,23,24)(H,21,22,25). The highest BCUT2D eigenvalue weighted by Gasteiger charge is 2.28. The van der Waals surface area contributed by atoms with Crippen LogP contribution in [0.15, 0.2) is 35.1 Å². The molecule has 5 nitrogen and oxygen atoms in total. The molecule has 2 aromatic rings. The molecule has 1 unspecified atom stereocenters. The number of aromatic amines is 1. The van der Waals surface area contributed by atoms with Gasteiger partial charge in [-0.3, -0.25) is 9.59 Å². The lowest BCUT2D eigenvalue weighted by Gasteiger charge is -2.25. The van der Waals surface area contributed by atoms with Crippen molar-refractivity contribution < 1.29 is 4.79 Å². The third-order valence-electron chi connectivity index (χ3n) is 5.02. The fourth-order valence-electron chi connectivity index (χ4n) is 3.77. The number of rotatable bonds is 5. The Labute approximate surface area is 147 Å². The average molecular weight is 339 g/mol. The number of aryl methyl sites for hydroxylation is 2. The molecule has 5 heteroatoms. The van der Waals surface area contributed by atoms with Crippen LogP contribution in [0, 0.1) is 19.8 Å². The largest absolute Gasteiger partial charge is 0.349 e. The molecule has 0 aliphatic heterocycles. The molecule has 3 rings (SSSR count). The van der Waals surface area contributed by atoms with E-state index in [-0.39, 0.29) is 23.9 Å². The minimum Gasteiger partial charge on any atom is -0.349 e. The maximum Gasteiger partial charge on any atom is 0.254 e. The van der Waals surface area contributed by atoms with Gasteiger partial charge in [-0.25, -0.2) is 4.98 Å². The fraction of sp³-hybridized carbons (Fsp3) is 0.450. The molecule has 132 valence electrons. The Hall–Kier alpha value is -2.43. The SMILES string of the molecule is Cc1nc(C)c(CC(=O)NC(c2ccccc2)C2CCCC2)c(=O)[nH]1. The molecular weight excluding hydrogens is 314 g/mol. The van der Waals surface area contributed by atoms with Gasteiger partial charge in [0.2, 0.25) is 5.91 Å². The number of carbonyl (C=O) groups is 1. The van der Waals surface area contributed by atoms with E-state index in [1.807, 2.05) is 18.2 Å². The molecule has 1 amide bonds. The summed E-state index contributed by atoms with van der Waals surface area (Å²) >= 11 is 0. The van der Waals surface area contributed by atoms with Gasteiger partial charge in [0.15, 0.2) is 0 Å². The summed E-state index contributed by atoms with van der Waals surface area (Å²) in [4.78, 5) is 31.7. The first-order valence-electron chi connectivity index (χ1n) is 8.95. The van der Waals surface area contributed by atoms with Gasteiger partial charge in [0.25, 0.3) is 5.56 Å². The highest BCUT2D eigenvalue weighted by molar-refractivity contribution is 5.79. The Morgan fingerprint density at radius 3 is 2.56 bits per heavy atom. The Bertz CT molecular complexity index is 792. The molecule has 0 spiro atoms. The second kappa shape index (κ2) is 7.64. The van der Waals surface area contributed by atoms with Gasteiger partial charge in [0.05, 0.1) is 12.5 Å². The number of amides is 1. The van der Waals surface area contributed by atoms with Gasteiger partial charge in [0.1, 0.15) is 5.82 Å². The molecule has 25 heavy (non-hydrogen) atoms. The van der Waals surface area contributed by atoms with Crippen molar-refractivity contribution in [1.29, 1.82) is 0 Å². The number of H-pyrrole nitrogens is 1. The summed E-state index contributed by atoms with van der Waals surface area (Å²) in [5.41, 5.74) is 1.97. The summed E-state index contributed by atoms with van der Waals surface area (Å²) in [6.45, 7) is 3.51. The van der Waals surface area contributed by atoms with Crippen LogP contribution >= 0.6 is 0 Å². The fourth-order valence-corrected chi connectivity index (χ4v) is 3.77. The van der Waals surface area contributed by atoms with Crippen molar-refractivity contribution in [1.82, 2.24) is 15.3 Å². The number of nitrogens with one attached hydrogen (secondary N) is 2. The number of hydrogen-bond donors (Lipinski definition) is 2. The summed E-state index contributed by atoms with van der Waals surface area (Å²) in [5, 5.41) is 3.17. The van der Waals surface area contributed by atoms with E-state index >= 15 is 0 Å². The summed E-state index contributed by atoms with van der Waals surface area (Å²) in [5.74, 6) is 0.904. The first-order valence-corrected chi connectivity index (χ1v) is 8.95. The maximum absolute atomic E-state index is 12.7. The smallest absolute Gasteiger partial charge is 0.254 e. The Morgan fingerprint density at radius 1 is 1.24 bits per heavy atom. The van der Waals surface area contributed by atoms with Crippen molar-refractivity contribution in [2.24, 2.45) is 5.92 Å². The molecule has 0 bridgehead atoms. The normalized spacial score (nSPS) is 15.9. The second-order valence-electron chi connectivity index (χ2n) is 6.89. The van der Waals surface area contributed by atoms with Crippen LogP contribution in [-0.2, 0) is 11.2 Å². The van der Waals surface area contributed by atoms with E-state index in [9.17, 15) is 9.59 Å². The van der Waals surface area contributed by atoms with Crippen molar-refractivity contribution in [3.8, 4) is 0 Å². The zero-order valence-corrected chi connectivity index (χ0v) is 14.8. The number of aromatic nitrogens is 2. The number of hydrogen-bond acceptors (Lipinski definition) is 3. The number of benzene rings is 1. The molecule has 1 aromatic heterocycles. The predicted molar refractivity (Wildman–Crippen MR) is 97.3 cm³/mol. The van der Waals surface area contributed by atoms with E-state index in [0.29, 0.717) is 23.0 Å². The molecule has 0 radical (unpaired) electrons. The van der Waals surface area contributed by atoms with Crippen LogP contribution < -0.4 is 10.9 Å². The van der Waals surface area contributed by atoms with Gasteiger partial charge in [-0.1, -0.05) is 43.2 Å². The van der Waals surface area contributed by atoms with E-state index in [0.717, 1.165) is 18.4 Å². The molecule has 1 heterocycles. The van der Waals surface area contributed by atoms with E-state index in [1.54, 1.807) is 13.8 Å². The highest BCUT2D eigenvalue weighted by atomic mass is 16.2. The van der Waals surface area contributed by atoms with E-state index in [2.05, 4.69) is 27.4 Å². The van der Waals surface area contributed by atoms with Crippen molar-refractivity contribution >= 4 is 5.91 Å². The third kappa shape index (κ3) is 4.16. The molecule has 1 fully saturated rings. The van der Waals surface area contributed by atoms with Crippen LogP contribution in [-0.4, -0.2) is 15.9 Å². The lowest BCUT2D eigenvalue weighted by atomic mass is 9.91. The summed E-state index contributed by atoms with van der Waals surface area (Å²) < 4.78 is 0. The third-order valence-corrected chi connectivity index (χ3v) is 5.02. The quantitative estimate of drug-likeness (QED) is 0.879. The van der Waals surface area contributed by atoms with Gasteiger partial charge in [0, 0.05) is 11.3 Å². The van der Waals surface area contributed by atoms with Crippen LogP contribution in [0.2, 0.25) is 0 Å².